The summed E-state index contributed by atoms with van der Waals surface area (Å²) in [7, 11) is 1.24. The van der Waals surface area contributed by atoms with Crippen molar-refractivity contribution in [2.75, 3.05) is 40.9 Å². The number of carbonyl (C=O) groups excluding carboxylic acids is 1. The van der Waals surface area contributed by atoms with Crippen molar-refractivity contribution in [1.82, 2.24) is 5.32 Å². The second-order valence-electron chi connectivity index (χ2n) is 19.2. The molecule has 0 aromatic heterocycles. The number of amides is 1. The molecule has 0 saturated heterocycles. The number of nitrogens with one attached hydrogen (secondary N) is 1. The Kier molecular flexibility index (Phi) is 44.0. The van der Waals surface area contributed by atoms with Gasteiger partial charge in [0.2, 0.25) is 5.91 Å². The van der Waals surface area contributed by atoms with Crippen LogP contribution in [0.15, 0.2) is 36.5 Å². The Hall–Kier alpha value is -1.28. The number of unbranched alkanes of at least 4 members (excludes halogenated alkanes) is 31. The highest BCUT2D eigenvalue weighted by molar-refractivity contribution is 7.45. The van der Waals surface area contributed by atoms with Crippen molar-refractivity contribution in [3.63, 3.8) is 0 Å². The molecule has 0 bridgehead atoms. The average Bonchev–Trinajstić information content (AvgIpc) is 3.23. The number of likely N-dealkylation sites (N-methyl/N-ethyl adjacent to an activating group) is 1. The van der Waals surface area contributed by atoms with Crippen LogP contribution in [-0.2, 0) is 18.4 Å². The fourth-order valence-corrected chi connectivity index (χ4v) is 8.38. The average molecular weight is 895 g/mol. The maximum atomic E-state index is 12.9. The standard InChI is InChI=1S/C53H103N2O6P/c1-6-8-10-12-14-16-18-20-22-24-26-28-30-32-34-36-38-40-42-44-46-52(56)51(50-61-62(58,59)60-49-48-55(3,4)5)54-53(57)47-45-43-41-39-37-35-33-31-29-27-25-23-21-19-17-15-13-11-9-7-2/h28,30,36,38,44,46,51-52,56H,6-27,29,31-35,37,39-43,45,47-50H2,1-5H3,(H-,54,57,58,59)/b30-28+,38-36+,46-44+. The third-order valence-corrected chi connectivity index (χ3v) is 12.8. The maximum absolute atomic E-state index is 12.9. The molecule has 0 aliphatic carbocycles. The minimum Gasteiger partial charge on any atom is -0.756 e. The van der Waals surface area contributed by atoms with Gasteiger partial charge in [-0.2, -0.15) is 0 Å². The third kappa shape index (κ3) is 46.7. The highest BCUT2D eigenvalue weighted by atomic mass is 31.2. The number of hydrogen-bond acceptors (Lipinski definition) is 6. The van der Waals surface area contributed by atoms with Crippen LogP contribution in [0, 0.1) is 0 Å². The van der Waals surface area contributed by atoms with Crippen molar-refractivity contribution in [2.45, 2.75) is 257 Å². The van der Waals surface area contributed by atoms with E-state index in [1.54, 1.807) is 6.08 Å². The molecule has 0 saturated carbocycles. The Bertz CT molecular complexity index is 1110. The highest BCUT2D eigenvalue weighted by Crippen LogP contribution is 2.38. The molecule has 0 radical (unpaired) electrons. The van der Waals surface area contributed by atoms with Crippen molar-refractivity contribution in [1.29, 1.82) is 0 Å². The first-order chi connectivity index (χ1) is 30.0. The summed E-state index contributed by atoms with van der Waals surface area (Å²) in [5, 5.41) is 13.8. The van der Waals surface area contributed by atoms with Gasteiger partial charge in [0.1, 0.15) is 13.2 Å². The van der Waals surface area contributed by atoms with Gasteiger partial charge in [-0.15, -0.1) is 0 Å². The van der Waals surface area contributed by atoms with E-state index in [0.717, 1.165) is 44.9 Å². The molecule has 0 aromatic rings. The summed E-state index contributed by atoms with van der Waals surface area (Å²) in [4.78, 5) is 25.4. The van der Waals surface area contributed by atoms with Gasteiger partial charge < -0.3 is 28.8 Å². The molecular weight excluding hydrogens is 792 g/mol. The summed E-state index contributed by atoms with van der Waals surface area (Å²) in [6, 6.07) is -0.907. The van der Waals surface area contributed by atoms with E-state index >= 15 is 0 Å². The molecule has 2 N–H and O–H groups in total. The molecule has 8 nitrogen and oxygen atoms in total. The zero-order chi connectivity index (χ0) is 45.7. The summed E-state index contributed by atoms with van der Waals surface area (Å²) < 4.78 is 23.3. The number of nitrogens with zero attached hydrogens (tertiary/aromatic N) is 1. The molecule has 62 heavy (non-hydrogen) atoms. The van der Waals surface area contributed by atoms with Gasteiger partial charge in [-0.3, -0.25) is 9.36 Å². The number of allylic oxidation sites excluding steroid dienone is 5. The first-order valence-electron chi connectivity index (χ1n) is 26.4. The second kappa shape index (κ2) is 44.9. The predicted octanol–water partition coefficient (Wildman–Crippen LogP) is 14.8. The van der Waals surface area contributed by atoms with Crippen molar-refractivity contribution >= 4 is 13.7 Å². The summed E-state index contributed by atoms with van der Waals surface area (Å²) in [5.74, 6) is -0.208. The number of quaternary nitrogens is 1. The van der Waals surface area contributed by atoms with E-state index < -0.39 is 26.6 Å². The Morgan fingerprint density at radius 3 is 1.31 bits per heavy atom. The van der Waals surface area contributed by atoms with Crippen molar-refractivity contribution in [2.24, 2.45) is 0 Å². The smallest absolute Gasteiger partial charge is 0.268 e. The molecule has 9 heteroatoms. The van der Waals surface area contributed by atoms with E-state index in [-0.39, 0.29) is 12.5 Å². The lowest BCUT2D eigenvalue weighted by Crippen LogP contribution is -2.45. The van der Waals surface area contributed by atoms with Gasteiger partial charge in [0.15, 0.2) is 0 Å². The number of phosphoric acid groups is 1. The van der Waals surface area contributed by atoms with Gasteiger partial charge in [-0.1, -0.05) is 230 Å². The fraction of sp³-hybridized carbons (Fsp3) is 0.868. The summed E-state index contributed by atoms with van der Waals surface area (Å²) >= 11 is 0. The largest absolute Gasteiger partial charge is 0.756 e. The molecule has 0 heterocycles. The van der Waals surface area contributed by atoms with E-state index in [2.05, 4.69) is 43.5 Å². The normalized spacial score (nSPS) is 14.4. The van der Waals surface area contributed by atoms with Gasteiger partial charge in [0, 0.05) is 6.42 Å². The Balaban J connectivity index is 4.35. The molecule has 0 rings (SSSR count). The van der Waals surface area contributed by atoms with Crippen LogP contribution in [0.25, 0.3) is 0 Å². The van der Waals surface area contributed by atoms with E-state index in [0.29, 0.717) is 17.4 Å². The molecule has 0 aliphatic heterocycles. The van der Waals surface area contributed by atoms with Crippen LogP contribution in [0.2, 0.25) is 0 Å². The Labute approximate surface area is 385 Å². The number of aliphatic hydroxyl groups excluding tert-OH is 1. The lowest BCUT2D eigenvalue weighted by atomic mass is 10.0. The number of carbonyl (C=O) groups is 1. The molecule has 0 spiro atoms. The SMILES string of the molecule is CCCCCCCCCCCC/C=C/CC/C=C/CC/C=C/C(O)C(COP(=O)([O-])OCC[N+](C)(C)C)NC(=O)CCCCCCCCCCCCCCCCCCCCCC. The monoisotopic (exact) mass is 895 g/mol. The van der Waals surface area contributed by atoms with Crippen LogP contribution in [-0.4, -0.2) is 68.5 Å². The lowest BCUT2D eigenvalue weighted by molar-refractivity contribution is -0.870. The highest BCUT2D eigenvalue weighted by Gasteiger charge is 2.23. The maximum Gasteiger partial charge on any atom is 0.268 e. The van der Waals surface area contributed by atoms with Crippen LogP contribution in [0.1, 0.15) is 245 Å². The first-order valence-corrected chi connectivity index (χ1v) is 27.8. The predicted molar refractivity (Wildman–Crippen MR) is 265 cm³/mol. The van der Waals surface area contributed by atoms with E-state index in [9.17, 15) is 19.4 Å². The quantitative estimate of drug-likeness (QED) is 0.0273. The topological polar surface area (TPSA) is 108 Å². The van der Waals surface area contributed by atoms with Gasteiger partial charge in [-0.25, -0.2) is 0 Å². The number of phosphoric ester groups is 1. The molecular formula is C53H103N2O6P. The minimum atomic E-state index is -4.60. The number of rotatable bonds is 48. The number of aliphatic hydroxyl groups is 1. The molecule has 0 aliphatic rings. The summed E-state index contributed by atoms with van der Waals surface area (Å²) in [6.45, 7) is 4.64. The molecule has 1 amide bonds. The Morgan fingerprint density at radius 2 is 0.903 bits per heavy atom. The van der Waals surface area contributed by atoms with Crippen LogP contribution in [0.4, 0.5) is 0 Å². The van der Waals surface area contributed by atoms with E-state index in [1.807, 2.05) is 27.2 Å². The summed E-state index contributed by atoms with van der Waals surface area (Å²) in [6.07, 6.45) is 56.4. The third-order valence-electron chi connectivity index (χ3n) is 11.8. The molecule has 0 fully saturated rings. The van der Waals surface area contributed by atoms with E-state index in [4.69, 9.17) is 9.05 Å². The zero-order valence-corrected chi connectivity index (χ0v) is 42.5. The van der Waals surface area contributed by atoms with E-state index in [1.165, 1.54) is 180 Å². The number of hydrogen-bond donors (Lipinski definition) is 2. The molecule has 3 unspecified atom stereocenters. The van der Waals surface area contributed by atoms with Crippen LogP contribution < -0.4 is 10.2 Å². The fourth-order valence-electron chi connectivity index (χ4n) is 7.66. The van der Waals surface area contributed by atoms with Crippen molar-refractivity contribution in [3.05, 3.63) is 36.5 Å². The first kappa shape index (κ1) is 60.7. The van der Waals surface area contributed by atoms with Gasteiger partial charge >= 0.3 is 0 Å². The van der Waals surface area contributed by atoms with Crippen LogP contribution >= 0.6 is 7.82 Å². The molecule has 0 aromatic carbocycles. The Morgan fingerprint density at radius 1 is 0.548 bits per heavy atom. The zero-order valence-electron chi connectivity index (χ0n) is 41.6. The van der Waals surface area contributed by atoms with Gasteiger partial charge in [-0.05, 0) is 44.9 Å². The lowest BCUT2D eigenvalue weighted by Gasteiger charge is -2.29. The van der Waals surface area contributed by atoms with Gasteiger partial charge in [0.05, 0.1) is 39.9 Å². The van der Waals surface area contributed by atoms with Crippen LogP contribution in [0.3, 0.4) is 0 Å². The second-order valence-corrected chi connectivity index (χ2v) is 20.6. The molecule has 3 atom stereocenters. The van der Waals surface area contributed by atoms with Crippen LogP contribution in [0.5, 0.6) is 0 Å². The summed E-state index contributed by atoms with van der Waals surface area (Å²) in [5.41, 5.74) is 0. The van der Waals surface area contributed by atoms with Crippen molar-refractivity contribution < 1.29 is 32.9 Å². The minimum absolute atomic E-state index is 0.00753. The van der Waals surface area contributed by atoms with Crippen molar-refractivity contribution in [3.8, 4) is 0 Å². The van der Waals surface area contributed by atoms with Gasteiger partial charge in [0.25, 0.3) is 7.82 Å². The molecule has 366 valence electrons.